The molecule has 2 fully saturated rings. The number of ether oxygens (including phenoxy) is 1. The SMILES string of the molecule is Cn1nnc(COc2ccc(F)c3c2[C@@H](CN2CCCC2=O)N(C(=O)[C@@H]2CCCC[C@]2(C)C(=O)O)CC3)c1C(F)(F)F. The molecule has 0 spiro atoms. The third-order valence-corrected chi connectivity index (χ3v) is 8.94. The molecule has 1 saturated carbocycles. The van der Waals surface area contributed by atoms with E-state index in [1.165, 1.54) is 11.0 Å². The van der Waals surface area contributed by atoms with Crippen LogP contribution in [0, 0.1) is 17.2 Å². The number of nitrogens with zero attached hydrogens (tertiary/aromatic N) is 5. The summed E-state index contributed by atoms with van der Waals surface area (Å²) in [5.41, 5.74) is -2.32. The number of aliphatic carboxylic acids is 1. The third-order valence-electron chi connectivity index (χ3n) is 8.94. The average Bonchev–Trinajstić information content (AvgIpc) is 3.52. The molecule has 14 heteroatoms. The molecule has 42 heavy (non-hydrogen) atoms. The zero-order chi connectivity index (χ0) is 30.4. The lowest BCUT2D eigenvalue weighted by Crippen LogP contribution is -2.52. The summed E-state index contributed by atoms with van der Waals surface area (Å²) in [4.78, 5) is 42.2. The first kappa shape index (κ1) is 29.8. The smallest absolute Gasteiger partial charge is 0.435 e. The standard InChI is InChI=1S/C28H33F4N5O5/c1-27(26(40)41)11-4-3-6-17(27)25(39)37-13-10-16-18(29)8-9-21(23(16)20(37)14-36-12-5-7-22(36)38)42-15-19-24(28(30,31)32)35(2)34-33-19/h8-9,17,20H,3-7,10-15H2,1-2H3,(H,40,41)/t17-,20+,27-/m0/s1. The Labute approximate surface area is 239 Å². The molecule has 3 aliphatic rings. The summed E-state index contributed by atoms with van der Waals surface area (Å²) in [6.07, 6.45) is -1.64. The van der Waals surface area contributed by atoms with Gasteiger partial charge in [-0.1, -0.05) is 18.1 Å². The number of aryl methyl sites for hydroxylation is 1. The quantitative estimate of drug-likeness (QED) is 0.483. The van der Waals surface area contributed by atoms with Crippen LogP contribution in [0.3, 0.4) is 0 Å². The molecule has 0 radical (unpaired) electrons. The van der Waals surface area contributed by atoms with E-state index < -0.39 is 59.2 Å². The summed E-state index contributed by atoms with van der Waals surface area (Å²) >= 11 is 0. The Morgan fingerprint density at radius 1 is 1.17 bits per heavy atom. The first-order valence-electron chi connectivity index (χ1n) is 14.0. The largest absolute Gasteiger partial charge is 0.487 e. The van der Waals surface area contributed by atoms with Gasteiger partial charge < -0.3 is 19.6 Å². The first-order valence-corrected chi connectivity index (χ1v) is 14.0. The fourth-order valence-electron chi connectivity index (χ4n) is 6.64. The maximum atomic E-state index is 15.2. The fourth-order valence-corrected chi connectivity index (χ4v) is 6.64. The number of hydrogen-bond acceptors (Lipinski definition) is 6. The van der Waals surface area contributed by atoms with E-state index in [-0.39, 0.29) is 42.3 Å². The first-order chi connectivity index (χ1) is 19.8. The highest BCUT2D eigenvalue weighted by molar-refractivity contribution is 5.88. The number of amides is 2. The Morgan fingerprint density at radius 2 is 1.93 bits per heavy atom. The van der Waals surface area contributed by atoms with Crippen LogP contribution in [0.2, 0.25) is 0 Å². The zero-order valence-corrected chi connectivity index (χ0v) is 23.4. The number of hydrogen-bond donors (Lipinski definition) is 1. The molecular weight excluding hydrogens is 562 g/mol. The minimum atomic E-state index is -4.74. The van der Waals surface area contributed by atoms with Gasteiger partial charge in [0, 0.05) is 38.7 Å². The number of alkyl halides is 3. The van der Waals surface area contributed by atoms with Crippen LogP contribution in [-0.4, -0.2) is 67.3 Å². The molecule has 3 heterocycles. The molecule has 1 aromatic carbocycles. The summed E-state index contributed by atoms with van der Waals surface area (Å²) in [5.74, 6) is -2.92. The van der Waals surface area contributed by atoms with Gasteiger partial charge in [-0.3, -0.25) is 14.4 Å². The van der Waals surface area contributed by atoms with Crippen LogP contribution in [0.5, 0.6) is 5.75 Å². The monoisotopic (exact) mass is 595 g/mol. The summed E-state index contributed by atoms with van der Waals surface area (Å²) in [7, 11) is 1.11. The van der Waals surface area contributed by atoms with Gasteiger partial charge >= 0.3 is 12.1 Å². The summed E-state index contributed by atoms with van der Waals surface area (Å²) in [6, 6.07) is 1.57. The van der Waals surface area contributed by atoms with Crippen LogP contribution in [-0.2, 0) is 40.6 Å². The predicted octanol–water partition coefficient (Wildman–Crippen LogP) is 3.88. The third kappa shape index (κ3) is 5.31. The predicted molar refractivity (Wildman–Crippen MR) is 138 cm³/mol. The second kappa shape index (κ2) is 11.2. The van der Waals surface area contributed by atoms with E-state index in [0.717, 1.165) is 13.1 Å². The molecule has 228 valence electrons. The minimum absolute atomic E-state index is 0.0207. The highest BCUT2D eigenvalue weighted by atomic mass is 19.4. The van der Waals surface area contributed by atoms with E-state index in [0.29, 0.717) is 49.8 Å². The summed E-state index contributed by atoms with van der Waals surface area (Å²) in [6.45, 7) is 1.49. The number of carboxylic acid groups (broad SMARTS) is 1. The van der Waals surface area contributed by atoms with Crippen molar-refractivity contribution in [3.63, 3.8) is 0 Å². The van der Waals surface area contributed by atoms with Crippen LogP contribution in [0.15, 0.2) is 12.1 Å². The van der Waals surface area contributed by atoms with Gasteiger partial charge in [0.1, 0.15) is 23.9 Å². The summed E-state index contributed by atoms with van der Waals surface area (Å²) < 4.78 is 62.6. The summed E-state index contributed by atoms with van der Waals surface area (Å²) in [5, 5.41) is 17.1. The molecule has 2 aliphatic heterocycles. The minimum Gasteiger partial charge on any atom is -0.487 e. The lowest BCUT2D eigenvalue weighted by molar-refractivity contribution is -0.162. The number of likely N-dealkylation sites (tertiary alicyclic amines) is 1. The van der Waals surface area contributed by atoms with Gasteiger partial charge in [-0.25, -0.2) is 9.07 Å². The van der Waals surface area contributed by atoms with E-state index in [9.17, 15) is 32.7 Å². The molecule has 1 saturated heterocycles. The van der Waals surface area contributed by atoms with Crippen molar-refractivity contribution in [1.29, 1.82) is 0 Å². The Kier molecular flexibility index (Phi) is 7.92. The van der Waals surface area contributed by atoms with Crippen molar-refractivity contribution in [2.24, 2.45) is 18.4 Å². The number of carbonyl (C=O) groups is 3. The van der Waals surface area contributed by atoms with Crippen molar-refractivity contribution in [1.82, 2.24) is 24.8 Å². The molecule has 2 aromatic rings. The number of rotatable bonds is 7. The topological polar surface area (TPSA) is 118 Å². The maximum Gasteiger partial charge on any atom is 0.435 e. The van der Waals surface area contributed by atoms with E-state index >= 15 is 4.39 Å². The normalized spacial score (nSPS) is 24.6. The Balaban J connectivity index is 1.54. The van der Waals surface area contributed by atoms with Crippen LogP contribution >= 0.6 is 0 Å². The molecule has 2 amide bonds. The molecule has 1 N–H and O–H groups in total. The van der Waals surface area contributed by atoms with Crippen LogP contribution in [0.1, 0.15) is 74.0 Å². The van der Waals surface area contributed by atoms with Gasteiger partial charge in [-0.2, -0.15) is 13.2 Å². The van der Waals surface area contributed by atoms with Gasteiger partial charge in [0.25, 0.3) is 0 Å². The second-order valence-electron chi connectivity index (χ2n) is 11.5. The highest BCUT2D eigenvalue weighted by Gasteiger charge is 2.50. The van der Waals surface area contributed by atoms with Crippen molar-refractivity contribution in [2.45, 2.75) is 70.7 Å². The molecule has 0 bridgehead atoms. The number of fused-ring (bicyclic) bond motifs is 1. The fraction of sp³-hybridized carbons (Fsp3) is 0.607. The van der Waals surface area contributed by atoms with E-state index in [2.05, 4.69) is 10.3 Å². The van der Waals surface area contributed by atoms with Gasteiger partial charge in [0.05, 0.1) is 17.4 Å². The van der Waals surface area contributed by atoms with Crippen LogP contribution in [0.25, 0.3) is 0 Å². The van der Waals surface area contributed by atoms with Crippen LogP contribution in [0.4, 0.5) is 17.6 Å². The zero-order valence-electron chi connectivity index (χ0n) is 23.4. The molecule has 5 rings (SSSR count). The van der Waals surface area contributed by atoms with E-state index in [1.807, 2.05) is 0 Å². The second-order valence-corrected chi connectivity index (χ2v) is 11.5. The number of carbonyl (C=O) groups excluding carboxylic acids is 2. The lowest BCUT2D eigenvalue weighted by Gasteiger charge is -2.45. The van der Waals surface area contributed by atoms with Crippen molar-refractivity contribution in [2.75, 3.05) is 19.6 Å². The number of carboxylic acids is 1. The lowest BCUT2D eigenvalue weighted by atomic mass is 9.66. The molecular formula is C28H33F4N5O5. The van der Waals surface area contributed by atoms with Gasteiger partial charge in [0.2, 0.25) is 11.8 Å². The van der Waals surface area contributed by atoms with Gasteiger partial charge in [-0.05, 0) is 50.3 Å². The number of aromatic nitrogens is 3. The van der Waals surface area contributed by atoms with Crippen molar-refractivity contribution < 1.29 is 41.8 Å². The maximum absolute atomic E-state index is 15.2. The van der Waals surface area contributed by atoms with Gasteiger partial charge in [-0.15, -0.1) is 5.10 Å². The molecule has 3 atom stereocenters. The van der Waals surface area contributed by atoms with Crippen molar-refractivity contribution in [3.8, 4) is 5.75 Å². The van der Waals surface area contributed by atoms with Gasteiger partial charge in [0.15, 0.2) is 5.69 Å². The number of benzene rings is 1. The van der Waals surface area contributed by atoms with Crippen LogP contribution < -0.4 is 4.74 Å². The number of halogens is 4. The molecule has 1 aliphatic carbocycles. The molecule has 1 aromatic heterocycles. The Morgan fingerprint density at radius 3 is 2.60 bits per heavy atom. The average molecular weight is 596 g/mol. The molecule has 0 unspecified atom stereocenters. The highest BCUT2D eigenvalue weighted by Crippen LogP contribution is 2.46. The van der Waals surface area contributed by atoms with E-state index in [1.54, 1.807) is 11.8 Å². The van der Waals surface area contributed by atoms with E-state index in [4.69, 9.17) is 4.74 Å². The van der Waals surface area contributed by atoms with Crippen molar-refractivity contribution in [3.05, 3.63) is 40.5 Å². The van der Waals surface area contributed by atoms with Crippen molar-refractivity contribution >= 4 is 17.8 Å². The Hall–Kier alpha value is -3.71. The molecule has 10 nitrogen and oxygen atoms in total. The Bertz CT molecular complexity index is 1400.